The predicted molar refractivity (Wildman–Crippen MR) is 59.7 cm³/mol. The molecule has 0 spiro atoms. The van der Waals surface area contributed by atoms with Crippen LogP contribution in [0.25, 0.3) is 0 Å². The van der Waals surface area contributed by atoms with E-state index in [2.05, 4.69) is 15.5 Å². The summed E-state index contributed by atoms with van der Waals surface area (Å²) in [6.45, 7) is 1.62. The van der Waals surface area contributed by atoms with Crippen molar-refractivity contribution >= 4 is 11.7 Å². The van der Waals surface area contributed by atoms with E-state index >= 15 is 0 Å². The molecular formula is C11H9F2N3O3. The van der Waals surface area contributed by atoms with Crippen LogP contribution < -0.4 is 5.32 Å². The maximum Gasteiger partial charge on any atom is 0.338 e. The van der Waals surface area contributed by atoms with E-state index in [0.717, 1.165) is 12.1 Å². The minimum Gasteiger partial charge on any atom is -0.478 e. The molecule has 2 aromatic rings. The summed E-state index contributed by atoms with van der Waals surface area (Å²) in [6, 6.07) is 2.11. The first-order valence-electron chi connectivity index (χ1n) is 5.23. The number of carboxylic acid groups (broad SMARTS) is 1. The van der Waals surface area contributed by atoms with E-state index in [9.17, 15) is 13.6 Å². The molecule has 0 radical (unpaired) electrons. The van der Waals surface area contributed by atoms with E-state index in [-0.39, 0.29) is 18.1 Å². The number of carboxylic acids is 1. The van der Waals surface area contributed by atoms with Crippen molar-refractivity contribution in [2.24, 2.45) is 0 Å². The van der Waals surface area contributed by atoms with Gasteiger partial charge in [-0.3, -0.25) is 0 Å². The molecule has 0 aliphatic rings. The summed E-state index contributed by atoms with van der Waals surface area (Å²) in [7, 11) is 0. The van der Waals surface area contributed by atoms with E-state index in [1.54, 1.807) is 6.92 Å². The molecule has 100 valence electrons. The van der Waals surface area contributed by atoms with Crippen LogP contribution in [0.4, 0.5) is 14.5 Å². The van der Waals surface area contributed by atoms with Gasteiger partial charge in [0, 0.05) is 6.92 Å². The van der Waals surface area contributed by atoms with Crippen molar-refractivity contribution < 1.29 is 23.2 Å². The van der Waals surface area contributed by atoms with Gasteiger partial charge in [0.2, 0.25) is 5.89 Å². The van der Waals surface area contributed by atoms with Crippen molar-refractivity contribution in [1.82, 2.24) is 10.1 Å². The van der Waals surface area contributed by atoms with E-state index in [4.69, 9.17) is 9.63 Å². The second-order valence-electron chi connectivity index (χ2n) is 3.68. The lowest BCUT2D eigenvalue weighted by Crippen LogP contribution is -2.08. The second-order valence-corrected chi connectivity index (χ2v) is 3.68. The predicted octanol–water partition coefficient (Wildman–Crippen LogP) is 1.97. The zero-order valence-corrected chi connectivity index (χ0v) is 9.78. The number of nitrogens with one attached hydrogen (secondary N) is 1. The molecule has 0 aliphatic heterocycles. The SMILES string of the molecule is Cc1nc(CNc2ccc(C(=O)O)c(F)c2F)no1. The Balaban J connectivity index is 2.17. The van der Waals surface area contributed by atoms with E-state index in [1.165, 1.54) is 0 Å². The fraction of sp³-hybridized carbons (Fsp3) is 0.182. The zero-order chi connectivity index (χ0) is 14.0. The number of rotatable bonds is 4. The third-order valence-corrected chi connectivity index (χ3v) is 2.32. The summed E-state index contributed by atoms with van der Waals surface area (Å²) >= 11 is 0. The zero-order valence-electron chi connectivity index (χ0n) is 9.78. The fourth-order valence-electron chi connectivity index (χ4n) is 1.44. The molecular weight excluding hydrogens is 260 g/mol. The number of aryl methyl sites for hydroxylation is 1. The number of nitrogens with zero attached hydrogens (tertiary/aromatic N) is 2. The highest BCUT2D eigenvalue weighted by Gasteiger charge is 2.18. The van der Waals surface area contributed by atoms with Crippen LogP contribution >= 0.6 is 0 Å². The van der Waals surface area contributed by atoms with Crippen LogP contribution in [0.15, 0.2) is 16.7 Å². The first kappa shape index (κ1) is 12.9. The number of benzene rings is 1. The molecule has 0 saturated carbocycles. The Morgan fingerprint density at radius 1 is 1.42 bits per heavy atom. The Labute approximate surface area is 106 Å². The van der Waals surface area contributed by atoms with Crippen LogP contribution in [0.5, 0.6) is 0 Å². The van der Waals surface area contributed by atoms with Gasteiger partial charge < -0.3 is 14.9 Å². The Morgan fingerprint density at radius 2 is 2.16 bits per heavy atom. The van der Waals surface area contributed by atoms with Crippen LogP contribution in [-0.2, 0) is 6.54 Å². The molecule has 0 aliphatic carbocycles. The highest BCUT2D eigenvalue weighted by molar-refractivity contribution is 5.88. The van der Waals surface area contributed by atoms with Gasteiger partial charge in [-0.1, -0.05) is 5.16 Å². The van der Waals surface area contributed by atoms with Gasteiger partial charge in [0.15, 0.2) is 17.5 Å². The van der Waals surface area contributed by atoms with Crippen molar-refractivity contribution in [3.8, 4) is 0 Å². The number of aromatic nitrogens is 2. The molecule has 2 rings (SSSR count). The monoisotopic (exact) mass is 269 g/mol. The van der Waals surface area contributed by atoms with Gasteiger partial charge in [-0.25, -0.2) is 13.6 Å². The molecule has 1 aromatic heterocycles. The van der Waals surface area contributed by atoms with Crippen LogP contribution in [-0.4, -0.2) is 21.2 Å². The lowest BCUT2D eigenvalue weighted by Gasteiger charge is -2.07. The smallest absolute Gasteiger partial charge is 0.338 e. The molecule has 8 heteroatoms. The molecule has 0 atom stereocenters. The largest absolute Gasteiger partial charge is 0.478 e. The third-order valence-electron chi connectivity index (χ3n) is 2.32. The van der Waals surface area contributed by atoms with E-state index in [0.29, 0.717) is 5.89 Å². The molecule has 0 amide bonds. The molecule has 1 aromatic carbocycles. The summed E-state index contributed by atoms with van der Waals surface area (Å²) < 4.78 is 31.7. The first-order valence-corrected chi connectivity index (χ1v) is 5.23. The van der Waals surface area contributed by atoms with Crippen LogP contribution in [0.3, 0.4) is 0 Å². The molecule has 6 nitrogen and oxygen atoms in total. The number of anilines is 1. The van der Waals surface area contributed by atoms with Crippen molar-refractivity contribution in [3.05, 3.63) is 41.0 Å². The molecule has 2 N–H and O–H groups in total. The molecule has 19 heavy (non-hydrogen) atoms. The minimum absolute atomic E-state index is 0.0279. The van der Waals surface area contributed by atoms with Gasteiger partial charge in [-0.05, 0) is 12.1 Å². The van der Waals surface area contributed by atoms with Gasteiger partial charge in [0.25, 0.3) is 0 Å². The fourth-order valence-corrected chi connectivity index (χ4v) is 1.44. The maximum atomic E-state index is 13.6. The summed E-state index contributed by atoms with van der Waals surface area (Å²) in [5.41, 5.74) is -0.900. The Hall–Kier alpha value is -2.51. The topological polar surface area (TPSA) is 88.2 Å². The first-order chi connectivity index (χ1) is 8.99. The maximum absolute atomic E-state index is 13.6. The van der Waals surface area contributed by atoms with Crippen LogP contribution in [0.2, 0.25) is 0 Å². The van der Waals surface area contributed by atoms with E-state index in [1.807, 2.05) is 0 Å². The second kappa shape index (κ2) is 5.01. The number of hydrogen-bond acceptors (Lipinski definition) is 5. The van der Waals surface area contributed by atoms with Crippen LogP contribution in [0, 0.1) is 18.6 Å². The van der Waals surface area contributed by atoms with Crippen molar-refractivity contribution in [3.63, 3.8) is 0 Å². The average Bonchev–Trinajstić information content (AvgIpc) is 2.76. The Kier molecular flexibility index (Phi) is 3.41. The Morgan fingerprint density at radius 3 is 2.74 bits per heavy atom. The summed E-state index contributed by atoms with van der Waals surface area (Å²) in [6.07, 6.45) is 0. The van der Waals surface area contributed by atoms with Crippen LogP contribution in [0.1, 0.15) is 22.1 Å². The lowest BCUT2D eigenvalue weighted by atomic mass is 10.2. The molecule has 0 fully saturated rings. The normalized spacial score (nSPS) is 10.5. The molecule has 0 unspecified atom stereocenters. The Bertz CT molecular complexity index is 628. The molecule has 1 heterocycles. The number of carbonyl (C=O) groups is 1. The van der Waals surface area contributed by atoms with Crippen molar-refractivity contribution in [1.29, 1.82) is 0 Å². The van der Waals surface area contributed by atoms with E-state index < -0.39 is 23.2 Å². The number of halogens is 2. The minimum atomic E-state index is -1.53. The number of hydrogen-bond donors (Lipinski definition) is 2. The van der Waals surface area contributed by atoms with Crippen molar-refractivity contribution in [2.45, 2.75) is 13.5 Å². The number of aromatic carboxylic acids is 1. The van der Waals surface area contributed by atoms with Gasteiger partial charge in [-0.15, -0.1) is 0 Å². The quantitative estimate of drug-likeness (QED) is 0.882. The van der Waals surface area contributed by atoms with Gasteiger partial charge in [-0.2, -0.15) is 4.98 Å². The summed E-state index contributed by atoms with van der Waals surface area (Å²) in [5.74, 6) is -3.58. The van der Waals surface area contributed by atoms with Gasteiger partial charge in [0.05, 0.1) is 17.8 Å². The van der Waals surface area contributed by atoms with Gasteiger partial charge >= 0.3 is 5.97 Å². The third kappa shape index (κ3) is 2.67. The van der Waals surface area contributed by atoms with Gasteiger partial charge in [0.1, 0.15) is 0 Å². The summed E-state index contributed by atoms with van der Waals surface area (Å²) in [4.78, 5) is 14.5. The summed E-state index contributed by atoms with van der Waals surface area (Å²) in [5, 5.41) is 14.8. The standard InChI is InChI=1S/C11H9F2N3O3/c1-5-15-8(16-19-5)4-14-7-3-2-6(11(17)18)9(12)10(7)13/h2-3,14H,4H2,1H3,(H,17,18). The highest BCUT2D eigenvalue weighted by atomic mass is 19.2. The molecule has 0 saturated heterocycles. The highest BCUT2D eigenvalue weighted by Crippen LogP contribution is 2.21. The molecule has 0 bridgehead atoms. The van der Waals surface area contributed by atoms with Crippen molar-refractivity contribution in [2.75, 3.05) is 5.32 Å². The average molecular weight is 269 g/mol. The lowest BCUT2D eigenvalue weighted by molar-refractivity contribution is 0.0690.